The van der Waals surface area contributed by atoms with Gasteiger partial charge in [-0.2, -0.15) is 0 Å². The van der Waals surface area contributed by atoms with Gasteiger partial charge in [0.15, 0.2) is 0 Å². The summed E-state index contributed by atoms with van der Waals surface area (Å²) in [4.78, 5) is 10.6. The Morgan fingerprint density at radius 2 is 2.27 bits per heavy atom. The lowest BCUT2D eigenvalue weighted by molar-refractivity contribution is -0.144. The Hall–Kier alpha value is -0.350. The molecule has 68 valence electrons. The fourth-order valence-electron chi connectivity index (χ4n) is 0.485. The standard InChI is InChI=1S/C6H12FNO2.ClH/c1-2-10-6(9)5(8)3-4-7;/h5H,2-4,8H2,1H3;1H/t5-;/m0./s1. The molecule has 0 amide bonds. The van der Waals surface area contributed by atoms with Crippen LogP contribution in [0.4, 0.5) is 4.39 Å². The van der Waals surface area contributed by atoms with Crippen molar-refractivity contribution in [1.29, 1.82) is 0 Å². The van der Waals surface area contributed by atoms with Crippen LogP contribution < -0.4 is 5.73 Å². The second-order valence-corrected chi connectivity index (χ2v) is 1.84. The molecular formula is C6H13ClFNO2. The van der Waals surface area contributed by atoms with E-state index in [1.807, 2.05) is 0 Å². The third-order valence-electron chi connectivity index (χ3n) is 1.01. The summed E-state index contributed by atoms with van der Waals surface area (Å²) < 4.78 is 16.1. The van der Waals surface area contributed by atoms with Gasteiger partial charge in [0.25, 0.3) is 0 Å². The normalized spacial score (nSPS) is 11.5. The van der Waals surface area contributed by atoms with Gasteiger partial charge in [0.1, 0.15) is 6.04 Å². The van der Waals surface area contributed by atoms with E-state index >= 15 is 0 Å². The maximum atomic E-state index is 11.6. The highest BCUT2D eigenvalue weighted by atomic mass is 35.5. The minimum Gasteiger partial charge on any atom is -0.465 e. The predicted octanol–water partition coefficient (Wildman–Crippen LogP) is 0.658. The van der Waals surface area contributed by atoms with E-state index in [0.29, 0.717) is 6.61 Å². The summed E-state index contributed by atoms with van der Waals surface area (Å²) in [5.74, 6) is -0.528. The molecule has 0 bridgehead atoms. The second-order valence-electron chi connectivity index (χ2n) is 1.84. The minimum atomic E-state index is -0.801. The van der Waals surface area contributed by atoms with Crippen molar-refractivity contribution in [3.8, 4) is 0 Å². The lowest BCUT2D eigenvalue weighted by Gasteiger charge is -2.06. The van der Waals surface area contributed by atoms with Gasteiger partial charge in [-0.05, 0) is 6.92 Å². The van der Waals surface area contributed by atoms with Crippen molar-refractivity contribution >= 4 is 18.4 Å². The van der Waals surface area contributed by atoms with Gasteiger partial charge < -0.3 is 10.5 Å². The quantitative estimate of drug-likeness (QED) is 0.655. The Labute approximate surface area is 71.5 Å². The molecule has 2 N–H and O–H groups in total. The van der Waals surface area contributed by atoms with E-state index in [2.05, 4.69) is 4.74 Å². The van der Waals surface area contributed by atoms with Crippen molar-refractivity contribution in [3.05, 3.63) is 0 Å². The van der Waals surface area contributed by atoms with Crippen LogP contribution in [0.1, 0.15) is 13.3 Å². The maximum absolute atomic E-state index is 11.6. The molecule has 0 aromatic heterocycles. The molecular weight excluding hydrogens is 173 g/mol. The van der Waals surface area contributed by atoms with Crippen LogP contribution in [0.3, 0.4) is 0 Å². The highest BCUT2D eigenvalue weighted by Crippen LogP contribution is 1.91. The van der Waals surface area contributed by atoms with Crippen LogP contribution in [-0.4, -0.2) is 25.3 Å². The van der Waals surface area contributed by atoms with Gasteiger partial charge in [-0.3, -0.25) is 9.18 Å². The molecule has 1 atom stereocenters. The molecule has 0 rings (SSSR count). The lowest BCUT2D eigenvalue weighted by Crippen LogP contribution is -2.32. The number of esters is 1. The van der Waals surface area contributed by atoms with E-state index in [0.717, 1.165) is 0 Å². The van der Waals surface area contributed by atoms with E-state index in [-0.39, 0.29) is 18.8 Å². The molecule has 3 nitrogen and oxygen atoms in total. The van der Waals surface area contributed by atoms with Crippen molar-refractivity contribution in [2.75, 3.05) is 13.3 Å². The molecule has 0 heterocycles. The molecule has 0 radical (unpaired) electrons. The van der Waals surface area contributed by atoms with Crippen LogP contribution in [0.15, 0.2) is 0 Å². The highest BCUT2D eigenvalue weighted by molar-refractivity contribution is 5.85. The number of rotatable bonds is 4. The number of nitrogens with two attached hydrogens (primary N) is 1. The molecule has 11 heavy (non-hydrogen) atoms. The first-order chi connectivity index (χ1) is 4.72. The first kappa shape index (κ1) is 13.3. The molecule has 0 aromatic carbocycles. The molecule has 5 heteroatoms. The first-order valence-electron chi connectivity index (χ1n) is 3.20. The van der Waals surface area contributed by atoms with Crippen molar-refractivity contribution < 1.29 is 13.9 Å². The highest BCUT2D eigenvalue weighted by Gasteiger charge is 2.12. The fourth-order valence-corrected chi connectivity index (χ4v) is 0.485. The molecule has 0 aliphatic carbocycles. The zero-order valence-corrected chi connectivity index (χ0v) is 7.20. The van der Waals surface area contributed by atoms with Crippen LogP contribution in [0.25, 0.3) is 0 Å². The average Bonchev–Trinajstić information content (AvgIpc) is 1.89. The lowest BCUT2D eigenvalue weighted by atomic mass is 10.2. The molecule has 0 saturated carbocycles. The summed E-state index contributed by atoms with van der Waals surface area (Å²) in [6.45, 7) is 1.39. The van der Waals surface area contributed by atoms with Crippen LogP contribution in [0.5, 0.6) is 0 Å². The van der Waals surface area contributed by atoms with Crippen molar-refractivity contribution in [3.63, 3.8) is 0 Å². The zero-order valence-electron chi connectivity index (χ0n) is 6.38. The number of hydrogen-bond donors (Lipinski definition) is 1. The monoisotopic (exact) mass is 185 g/mol. The summed E-state index contributed by atoms with van der Waals surface area (Å²) in [6.07, 6.45) is 0.0405. The third kappa shape index (κ3) is 6.06. The fraction of sp³-hybridized carbons (Fsp3) is 0.833. The molecule has 0 aliphatic rings. The summed E-state index contributed by atoms with van der Waals surface area (Å²) in [5.41, 5.74) is 5.20. The van der Waals surface area contributed by atoms with E-state index in [4.69, 9.17) is 5.73 Å². The maximum Gasteiger partial charge on any atom is 0.322 e. The summed E-state index contributed by atoms with van der Waals surface area (Å²) in [6, 6.07) is -0.801. The summed E-state index contributed by atoms with van der Waals surface area (Å²) in [7, 11) is 0. The molecule has 0 spiro atoms. The molecule has 0 aromatic rings. The van der Waals surface area contributed by atoms with E-state index in [1.54, 1.807) is 6.92 Å². The van der Waals surface area contributed by atoms with Gasteiger partial charge >= 0.3 is 5.97 Å². The predicted molar refractivity (Wildman–Crippen MR) is 42.4 cm³/mol. The van der Waals surface area contributed by atoms with Crippen molar-refractivity contribution in [1.82, 2.24) is 0 Å². The van der Waals surface area contributed by atoms with E-state index < -0.39 is 18.7 Å². The average molecular weight is 186 g/mol. The minimum absolute atomic E-state index is 0. The smallest absolute Gasteiger partial charge is 0.322 e. The van der Waals surface area contributed by atoms with Crippen LogP contribution in [0, 0.1) is 0 Å². The number of alkyl halides is 1. The van der Waals surface area contributed by atoms with Crippen molar-refractivity contribution in [2.45, 2.75) is 19.4 Å². The zero-order chi connectivity index (χ0) is 7.98. The number of carbonyl (C=O) groups is 1. The Balaban J connectivity index is 0. The Morgan fingerprint density at radius 1 is 1.73 bits per heavy atom. The Kier molecular flexibility index (Phi) is 9.34. The van der Waals surface area contributed by atoms with Gasteiger partial charge in [0.05, 0.1) is 13.3 Å². The first-order valence-corrected chi connectivity index (χ1v) is 3.20. The number of halogens is 2. The third-order valence-corrected chi connectivity index (χ3v) is 1.01. The Morgan fingerprint density at radius 3 is 2.64 bits per heavy atom. The molecule has 0 aliphatic heterocycles. The van der Waals surface area contributed by atoms with E-state index in [1.165, 1.54) is 0 Å². The molecule has 0 saturated heterocycles. The molecule has 0 unspecified atom stereocenters. The van der Waals surface area contributed by atoms with Gasteiger partial charge in [0, 0.05) is 6.42 Å². The topological polar surface area (TPSA) is 52.3 Å². The van der Waals surface area contributed by atoms with Gasteiger partial charge in [-0.15, -0.1) is 12.4 Å². The van der Waals surface area contributed by atoms with Crippen LogP contribution in [0.2, 0.25) is 0 Å². The van der Waals surface area contributed by atoms with E-state index in [9.17, 15) is 9.18 Å². The summed E-state index contributed by atoms with van der Waals surface area (Å²) >= 11 is 0. The molecule has 0 fully saturated rings. The van der Waals surface area contributed by atoms with Crippen LogP contribution in [-0.2, 0) is 9.53 Å². The van der Waals surface area contributed by atoms with Gasteiger partial charge in [-0.25, -0.2) is 0 Å². The SMILES string of the molecule is CCOC(=O)[C@@H](N)CCF.Cl. The van der Waals surface area contributed by atoms with Crippen LogP contribution >= 0.6 is 12.4 Å². The number of ether oxygens (including phenoxy) is 1. The largest absolute Gasteiger partial charge is 0.465 e. The summed E-state index contributed by atoms with van der Waals surface area (Å²) in [5, 5.41) is 0. The van der Waals surface area contributed by atoms with Crippen molar-refractivity contribution in [2.24, 2.45) is 5.73 Å². The number of carbonyl (C=O) groups excluding carboxylic acids is 1. The van der Waals surface area contributed by atoms with Gasteiger partial charge in [0.2, 0.25) is 0 Å². The number of hydrogen-bond acceptors (Lipinski definition) is 3. The Bertz CT molecular complexity index is 113. The second kappa shape index (κ2) is 7.75. The van der Waals surface area contributed by atoms with Gasteiger partial charge in [-0.1, -0.05) is 0 Å².